The highest BCUT2D eigenvalue weighted by Crippen LogP contribution is 2.30. The summed E-state index contributed by atoms with van der Waals surface area (Å²) >= 11 is 0. The van der Waals surface area contributed by atoms with Crippen molar-refractivity contribution in [2.45, 2.75) is 38.6 Å². The minimum absolute atomic E-state index is 0.0175. The van der Waals surface area contributed by atoms with E-state index in [2.05, 4.69) is 5.10 Å². The van der Waals surface area contributed by atoms with Crippen LogP contribution in [-0.4, -0.2) is 21.3 Å². The molecule has 15 heavy (non-hydrogen) atoms. The van der Waals surface area contributed by atoms with Gasteiger partial charge in [0.15, 0.2) is 5.78 Å². The highest BCUT2D eigenvalue weighted by atomic mass is 16.1. The van der Waals surface area contributed by atoms with Gasteiger partial charge in [-0.25, -0.2) is 0 Å². The van der Waals surface area contributed by atoms with Crippen molar-refractivity contribution in [1.82, 2.24) is 9.78 Å². The van der Waals surface area contributed by atoms with Gasteiger partial charge in [0.25, 0.3) is 0 Å². The Hall–Kier alpha value is -1.45. The zero-order valence-corrected chi connectivity index (χ0v) is 8.77. The highest BCUT2D eigenvalue weighted by Gasteiger charge is 2.21. The first-order valence-electron chi connectivity index (χ1n) is 5.23. The molecule has 0 aromatic carbocycles. The Morgan fingerprint density at radius 2 is 2.27 bits per heavy atom. The molecule has 0 unspecified atom stereocenters. The molecule has 0 spiro atoms. The maximum atomic E-state index is 11.5. The first-order chi connectivity index (χ1) is 7.16. The lowest BCUT2D eigenvalue weighted by molar-refractivity contribution is -0.116. The molecule has 0 N–H and O–H groups in total. The molecule has 4 nitrogen and oxygen atoms in total. The third-order valence-corrected chi connectivity index (χ3v) is 2.78. The van der Waals surface area contributed by atoms with Gasteiger partial charge in [-0.05, 0) is 26.2 Å². The number of hydrogen-bond acceptors (Lipinski definition) is 3. The van der Waals surface area contributed by atoms with Crippen LogP contribution >= 0.6 is 0 Å². The van der Waals surface area contributed by atoms with Crippen molar-refractivity contribution in [2.24, 2.45) is 0 Å². The smallest absolute Gasteiger partial charge is 0.173 e. The molecule has 1 aromatic heterocycles. The van der Waals surface area contributed by atoms with Crippen LogP contribution in [0.25, 0.3) is 0 Å². The van der Waals surface area contributed by atoms with E-state index in [0.29, 0.717) is 11.6 Å². The average Bonchev–Trinajstić information content (AvgIpc) is 2.48. The average molecular weight is 206 g/mol. The molecule has 0 saturated heterocycles. The maximum Gasteiger partial charge on any atom is 0.173 e. The summed E-state index contributed by atoms with van der Waals surface area (Å²) in [6.07, 6.45) is 6.82. The third-order valence-electron chi connectivity index (χ3n) is 2.78. The van der Waals surface area contributed by atoms with Gasteiger partial charge >= 0.3 is 0 Å². The Kier molecular flexibility index (Phi) is 2.66. The van der Waals surface area contributed by atoms with E-state index in [4.69, 9.17) is 0 Å². The second kappa shape index (κ2) is 3.96. The molecule has 0 aliphatic heterocycles. The normalized spacial score (nSPS) is 16.1. The Morgan fingerprint density at radius 1 is 1.53 bits per heavy atom. The maximum absolute atomic E-state index is 11.5. The predicted molar refractivity (Wildman–Crippen MR) is 54.7 cm³/mol. The van der Waals surface area contributed by atoms with Gasteiger partial charge in [0.2, 0.25) is 0 Å². The van der Waals surface area contributed by atoms with Crippen molar-refractivity contribution in [3.8, 4) is 0 Å². The fourth-order valence-corrected chi connectivity index (χ4v) is 1.66. The van der Waals surface area contributed by atoms with Crippen LogP contribution in [-0.2, 0) is 4.79 Å². The number of hydrogen-bond donors (Lipinski definition) is 0. The van der Waals surface area contributed by atoms with Crippen LogP contribution in [0.3, 0.4) is 0 Å². The van der Waals surface area contributed by atoms with Crippen LogP contribution in [0.15, 0.2) is 12.4 Å². The van der Waals surface area contributed by atoms with Crippen molar-refractivity contribution < 1.29 is 9.59 Å². The van der Waals surface area contributed by atoms with E-state index in [1.54, 1.807) is 12.4 Å². The molecule has 2 rings (SSSR count). The van der Waals surface area contributed by atoms with E-state index in [0.717, 1.165) is 12.8 Å². The van der Waals surface area contributed by atoms with Gasteiger partial charge in [-0.3, -0.25) is 14.3 Å². The standard InChI is InChI=1S/C11H14N2O2/c1-8(14)5-11(15)9-6-12-13(7-9)10-3-2-4-10/h6-7,10H,2-5H2,1H3. The molecule has 0 bridgehead atoms. The lowest BCUT2D eigenvalue weighted by atomic mass is 9.93. The predicted octanol–water partition coefficient (Wildman–Crippen LogP) is 1.77. The summed E-state index contributed by atoms with van der Waals surface area (Å²) in [6, 6.07) is 0.462. The van der Waals surface area contributed by atoms with Gasteiger partial charge in [-0.2, -0.15) is 5.10 Å². The summed E-state index contributed by atoms with van der Waals surface area (Å²) in [5.41, 5.74) is 0.553. The monoisotopic (exact) mass is 206 g/mol. The summed E-state index contributed by atoms with van der Waals surface area (Å²) in [5, 5.41) is 4.15. The molecular weight excluding hydrogens is 192 g/mol. The topological polar surface area (TPSA) is 52.0 Å². The second-order valence-electron chi connectivity index (χ2n) is 4.10. The summed E-state index contributed by atoms with van der Waals surface area (Å²) in [7, 11) is 0. The molecule has 1 aliphatic carbocycles. The van der Waals surface area contributed by atoms with Crippen molar-refractivity contribution in [2.75, 3.05) is 0 Å². The fourth-order valence-electron chi connectivity index (χ4n) is 1.66. The van der Waals surface area contributed by atoms with E-state index in [1.807, 2.05) is 4.68 Å². The molecule has 0 radical (unpaired) electrons. The van der Waals surface area contributed by atoms with E-state index in [-0.39, 0.29) is 18.0 Å². The second-order valence-corrected chi connectivity index (χ2v) is 4.10. The first kappa shape index (κ1) is 10.1. The van der Waals surface area contributed by atoms with Gasteiger partial charge < -0.3 is 0 Å². The van der Waals surface area contributed by atoms with Crippen LogP contribution in [0.4, 0.5) is 0 Å². The first-order valence-corrected chi connectivity index (χ1v) is 5.23. The number of nitrogens with zero attached hydrogens (tertiary/aromatic N) is 2. The van der Waals surface area contributed by atoms with Gasteiger partial charge in [0, 0.05) is 6.20 Å². The van der Waals surface area contributed by atoms with Crippen LogP contribution in [0, 0.1) is 0 Å². The molecule has 80 valence electrons. The van der Waals surface area contributed by atoms with Crippen molar-refractivity contribution in [3.63, 3.8) is 0 Å². The number of carbonyl (C=O) groups excluding carboxylic acids is 2. The molecular formula is C11H14N2O2. The fraction of sp³-hybridized carbons (Fsp3) is 0.545. The SMILES string of the molecule is CC(=O)CC(=O)c1cnn(C2CCC2)c1. The molecule has 1 fully saturated rings. The van der Waals surface area contributed by atoms with Crippen LogP contribution in [0.1, 0.15) is 49.0 Å². The quantitative estimate of drug-likeness (QED) is 0.557. The minimum Gasteiger partial charge on any atom is -0.300 e. The van der Waals surface area contributed by atoms with Gasteiger partial charge in [-0.15, -0.1) is 0 Å². The molecule has 1 heterocycles. The van der Waals surface area contributed by atoms with E-state index >= 15 is 0 Å². The summed E-state index contributed by atoms with van der Waals surface area (Å²) in [5.74, 6) is -0.232. The molecule has 1 saturated carbocycles. The molecule has 0 atom stereocenters. The van der Waals surface area contributed by atoms with Crippen LogP contribution < -0.4 is 0 Å². The van der Waals surface area contributed by atoms with Gasteiger partial charge in [-0.1, -0.05) is 0 Å². The lowest BCUT2D eigenvalue weighted by Gasteiger charge is -2.25. The van der Waals surface area contributed by atoms with Crippen LogP contribution in [0.5, 0.6) is 0 Å². The zero-order chi connectivity index (χ0) is 10.8. The van der Waals surface area contributed by atoms with Crippen molar-refractivity contribution >= 4 is 11.6 Å². The minimum atomic E-state index is -0.131. The van der Waals surface area contributed by atoms with Gasteiger partial charge in [0.1, 0.15) is 5.78 Å². The Labute approximate surface area is 88.3 Å². The van der Waals surface area contributed by atoms with E-state index in [9.17, 15) is 9.59 Å². The lowest BCUT2D eigenvalue weighted by Crippen LogP contribution is -2.17. The van der Waals surface area contributed by atoms with E-state index < -0.39 is 0 Å². The third kappa shape index (κ3) is 2.14. The van der Waals surface area contributed by atoms with Crippen molar-refractivity contribution in [1.29, 1.82) is 0 Å². The molecule has 4 heteroatoms. The largest absolute Gasteiger partial charge is 0.300 e. The number of ketones is 2. The molecule has 1 aliphatic rings. The molecule has 0 amide bonds. The Bertz CT molecular complexity index is 391. The number of carbonyl (C=O) groups is 2. The number of Topliss-reactive ketones (excluding diaryl/α,β-unsaturated/α-hetero) is 2. The van der Waals surface area contributed by atoms with Gasteiger partial charge in [0.05, 0.1) is 24.2 Å². The Balaban J connectivity index is 2.05. The Morgan fingerprint density at radius 3 is 2.80 bits per heavy atom. The van der Waals surface area contributed by atoms with Crippen LogP contribution in [0.2, 0.25) is 0 Å². The van der Waals surface area contributed by atoms with Crippen molar-refractivity contribution in [3.05, 3.63) is 18.0 Å². The summed E-state index contributed by atoms with van der Waals surface area (Å²) in [6.45, 7) is 1.42. The summed E-state index contributed by atoms with van der Waals surface area (Å²) < 4.78 is 1.84. The number of aromatic nitrogens is 2. The van der Waals surface area contributed by atoms with E-state index in [1.165, 1.54) is 13.3 Å². The summed E-state index contributed by atoms with van der Waals surface area (Å²) in [4.78, 5) is 22.3. The molecule has 1 aromatic rings. The zero-order valence-electron chi connectivity index (χ0n) is 8.77. The highest BCUT2D eigenvalue weighted by molar-refractivity contribution is 6.07. The number of rotatable bonds is 4.